The number of β-amino-alcohol motifs (C(OH)–C–C–N with tert-alkyl or cyclic N) is 1. The lowest BCUT2D eigenvalue weighted by Gasteiger charge is -2.36. The first-order valence-electron chi connectivity index (χ1n) is 12.7. The van der Waals surface area contributed by atoms with Crippen LogP contribution in [0.5, 0.6) is 0 Å². The number of nitriles is 1. The fraction of sp³-hybridized carbons (Fsp3) is 0.333. The van der Waals surface area contributed by atoms with Gasteiger partial charge < -0.3 is 20.6 Å². The molecule has 0 bridgehead atoms. The maximum absolute atomic E-state index is 13.6. The van der Waals surface area contributed by atoms with E-state index in [2.05, 4.69) is 21.6 Å². The number of aliphatic hydroxyl groups excluding tert-OH is 1. The van der Waals surface area contributed by atoms with Gasteiger partial charge in [-0.2, -0.15) is 5.26 Å². The summed E-state index contributed by atoms with van der Waals surface area (Å²) in [6.07, 6.45) is 2.58. The first-order valence-corrected chi connectivity index (χ1v) is 12.7. The number of amides is 2. The van der Waals surface area contributed by atoms with Crippen molar-refractivity contribution < 1.29 is 14.3 Å². The number of aliphatic hydroxyl groups is 1. The highest BCUT2D eigenvalue weighted by Gasteiger charge is 2.27. The van der Waals surface area contributed by atoms with Crippen molar-refractivity contribution in [3.05, 3.63) is 101 Å². The minimum absolute atomic E-state index is 0.215. The van der Waals surface area contributed by atoms with Gasteiger partial charge in [-0.15, -0.1) is 0 Å². The Kier molecular flexibility index (Phi) is 9.25. The van der Waals surface area contributed by atoms with Gasteiger partial charge in [-0.25, -0.2) is 9.18 Å². The highest BCUT2D eigenvalue weighted by molar-refractivity contribution is 5.89. The Morgan fingerprint density at radius 2 is 1.86 bits per heavy atom. The van der Waals surface area contributed by atoms with E-state index in [1.807, 2.05) is 36.4 Å². The van der Waals surface area contributed by atoms with Gasteiger partial charge in [0.25, 0.3) is 0 Å². The summed E-state index contributed by atoms with van der Waals surface area (Å²) in [6, 6.07) is 24.4. The first-order chi connectivity index (χ1) is 18.0. The van der Waals surface area contributed by atoms with Crippen LogP contribution in [0.2, 0.25) is 0 Å². The summed E-state index contributed by atoms with van der Waals surface area (Å²) < 4.78 is 13.6. The number of carbonyl (C=O) groups excluding carboxylic acids is 1. The molecule has 3 N–H and O–H groups in total. The molecular weight excluding hydrogens is 467 g/mol. The topological polar surface area (TPSA) is 88.4 Å². The molecule has 1 heterocycles. The number of rotatable bonds is 9. The largest absolute Gasteiger partial charge is 0.390 e. The summed E-state index contributed by atoms with van der Waals surface area (Å²) in [6.45, 7) is 2.13. The molecule has 1 saturated heterocycles. The molecule has 3 unspecified atom stereocenters. The molecule has 0 aromatic heterocycles. The zero-order chi connectivity index (χ0) is 26.0. The van der Waals surface area contributed by atoms with Gasteiger partial charge in [-0.1, -0.05) is 48.5 Å². The number of likely N-dealkylation sites (tertiary alicyclic amines) is 1. The minimum Gasteiger partial charge on any atom is -0.390 e. The number of piperidine rings is 1. The van der Waals surface area contributed by atoms with Crippen molar-refractivity contribution in [3.63, 3.8) is 0 Å². The van der Waals surface area contributed by atoms with Crippen LogP contribution in [0.1, 0.15) is 29.5 Å². The van der Waals surface area contributed by atoms with Gasteiger partial charge >= 0.3 is 6.03 Å². The third-order valence-corrected chi connectivity index (χ3v) is 6.79. The van der Waals surface area contributed by atoms with Crippen molar-refractivity contribution in [3.8, 4) is 6.07 Å². The van der Waals surface area contributed by atoms with Crippen molar-refractivity contribution in [2.45, 2.75) is 37.8 Å². The molecule has 0 saturated carbocycles. The SMILES string of the molecule is N#Cc1cccc(NC(=O)NC(Cc2ccccc2)C(O)CN2CCCC(Cc3cccc(F)c3)C2)c1. The van der Waals surface area contributed by atoms with Crippen LogP contribution < -0.4 is 10.6 Å². The lowest BCUT2D eigenvalue weighted by atomic mass is 9.90. The summed E-state index contributed by atoms with van der Waals surface area (Å²) in [4.78, 5) is 15.1. The summed E-state index contributed by atoms with van der Waals surface area (Å²) in [7, 11) is 0. The number of urea groups is 1. The fourth-order valence-corrected chi connectivity index (χ4v) is 5.03. The first kappa shape index (κ1) is 26.3. The smallest absolute Gasteiger partial charge is 0.319 e. The van der Waals surface area contributed by atoms with E-state index < -0.39 is 18.2 Å². The summed E-state index contributed by atoms with van der Waals surface area (Å²) >= 11 is 0. The molecule has 0 spiro atoms. The number of carbonyl (C=O) groups is 1. The maximum atomic E-state index is 13.6. The standard InChI is InChI=1S/C30H33FN4O2/c31-26-12-4-9-23(16-26)15-25-11-6-14-35(20-25)21-29(36)28(18-22-7-2-1-3-8-22)34-30(37)33-27-13-5-10-24(17-27)19-32/h1-5,7-10,12-13,16-17,25,28-29,36H,6,11,14-15,18,20-21H2,(H2,33,34,37). The molecule has 1 aliphatic heterocycles. The maximum Gasteiger partial charge on any atom is 0.319 e. The van der Waals surface area contributed by atoms with Gasteiger partial charge in [0, 0.05) is 18.8 Å². The van der Waals surface area contributed by atoms with Crippen LogP contribution in [0.4, 0.5) is 14.9 Å². The summed E-state index contributed by atoms with van der Waals surface area (Å²) in [5.41, 5.74) is 2.98. The lowest BCUT2D eigenvalue weighted by molar-refractivity contribution is 0.0621. The van der Waals surface area contributed by atoms with Crippen LogP contribution >= 0.6 is 0 Å². The minimum atomic E-state index is -0.788. The van der Waals surface area contributed by atoms with Crippen molar-refractivity contribution in [2.75, 3.05) is 25.0 Å². The second-order valence-corrected chi connectivity index (χ2v) is 9.76. The monoisotopic (exact) mass is 500 g/mol. The zero-order valence-electron chi connectivity index (χ0n) is 20.8. The number of halogens is 1. The molecule has 37 heavy (non-hydrogen) atoms. The predicted octanol–water partition coefficient (Wildman–Crippen LogP) is 4.75. The van der Waals surface area contributed by atoms with E-state index in [9.17, 15) is 14.3 Å². The summed E-state index contributed by atoms with van der Waals surface area (Å²) in [5, 5.41) is 26.1. The second-order valence-electron chi connectivity index (χ2n) is 9.76. The average Bonchev–Trinajstić information content (AvgIpc) is 2.89. The molecule has 6 nitrogen and oxygen atoms in total. The van der Waals surface area contributed by atoms with Gasteiger partial charge in [-0.3, -0.25) is 0 Å². The normalized spacial score (nSPS) is 17.4. The molecule has 3 aromatic rings. The molecule has 1 aliphatic rings. The van der Waals surface area contributed by atoms with Gasteiger partial charge in [0.2, 0.25) is 0 Å². The van der Waals surface area contributed by atoms with E-state index in [4.69, 9.17) is 5.26 Å². The molecule has 0 aliphatic carbocycles. The van der Waals surface area contributed by atoms with Gasteiger partial charge in [0.1, 0.15) is 5.82 Å². The van der Waals surface area contributed by atoms with Gasteiger partial charge in [0.05, 0.1) is 23.8 Å². The number of hydrogen-bond donors (Lipinski definition) is 3. The Labute approximate surface area is 217 Å². The Bertz CT molecular complexity index is 1210. The molecule has 192 valence electrons. The number of anilines is 1. The van der Waals surface area contributed by atoms with Gasteiger partial charge in [0.15, 0.2) is 0 Å². The van der Waals surface area contributed by atoms with Gasteiger partial charge in [-0.05, 0) is 79.6 Å². The van der Waals surface area contributed by atoms with E-state index in [-0.39, 0.29) is 5.82 Å². The van der Waals surface area contributed by atoms with Crippen molar-refractivity contribution in [2.24, 2.45) is 5.92 Å². The average molecular weight is 501 g/mol. The van der Waals surface area contributed by atoms with E-state index in [0.717, 1.165) is 43.5 Å². The van der Waals surface area contributed by atoms with Crippen LogP contribution in [0, 0.1) is 23.1 Å². The summed E-state index contributed by atoms with van der Waals surface area (Å²) in [5.74, 6) is 0.173. The van der Waals surface area contributed by atoms with Crippen LogP contribution in [0.25, 0.3) is 0 Å². The lowest BCUT2D eigenvalue weighted by Crippen LogP contribution is -2.52. The Balaban J connectivity index is 1.39. The molecule has 4 rings (SSSR count). The van der Waals surface area contributed by atoms with Crippen LogP contribution in [0.15, 0.2) is 78.9 Å². The molecule has 3 aromatic carbocycles. The molecule has 2 amide bonds. The Hall–Kier alpha value is -3.73. The quantitative estimate of drug-likeness (QED) is 0.396. The van der Waals surface area contributed by atoms with Crippen molar-refractivity contribution in [1.82, 2.24) is 10.2 Å². The predicted molar refractivity (Wildman–Crippen MR) is 143 cm³/mol. The van der Waals surface area contributed by atoms with E-state index in [1.54, 1.807) is 36.4 Å². The van der Waals surface area contributed by atoms with E-state index in [1.165, 1.54) is 6.07 Å². The van der Waals surface area contributed by atoms with Crippen LogP contribution in [-0.4, -0.2) is 47.8 Å². The highest BCUT2D eigenvalue weighted by Crippen LogP contribution is 2.22. The number of nitrogens with zero attached hydrogens (tertiary/aromatic N) is 2. The second kappa shape index (κ2) is 13.0. The molecule has 7 heteroatoms. The number of hydrogen-bond acceptors (Lipinski definition) is 4. The molecule has 3 atom stereocenters. The number of nitrogens with one attached hydrogen (secondary N) is 2. The number of benzene rings is 3. The highest BCUT2D eigenvalue weighted by atomic mass is 19.1. The van der Waals surface area contributed by atoms with Crippen molar-refractivity contribution >= 4 is 11.7 Å². The fourth-order valence-electron chi connectivity index (χ4n) is 5.03. The van der Waals surface area contributed by atoms with Crippen molar-refractivity contribution in [1.29, 1.82) is 5.26 Å². The Morgan fingerprint density at radius 3 is 2.65 bits per heavy atom. The molecular formula is C30H33FN4O2. The van der Waals surface area contributed by atoms with E-state index >= 15 is 0 Å². The zero-order valence-corrected chi connectivity index (χ0v) is 20.8. The van der Waals surface area contributed by atoms with E-state index in [0.29, 0.717) is 30.1 Å². The Morgan fingerprint density at radius 1 is 1.08 bits per heavy atom. The third kappa shape index (κ3) is 8.14. The molecule has 0 radical (unpaired) electrons. The molecule has 1 fully saturated rings. The third-order valence-electron chi connectivity index (χ3n) is 6.79. The van der Waals surface area contributed by atoms with Crippen LogP contribution in [-0.2, 0) is 12.8 Å². The van der Waals surface area contributed by atoms with Crippen LogP contribution in [0.3, 0.4) is 0 Å².